The lowest BCUT2D eigenvalue weighted by atomic mass is 9.72. The summed E-state index contributed by atoms with van der Waals surface area (Å²) >= 11 is 0. The van der Waals surface area contributed by atoms with Gasteiger partial charge in [-0.25, -0.2) is 0 Å². The van der Waals surface area contributed by atoms with E-state index in [0.29, 0.717) is 0 Å². The summed E-state index contributed by atoms with van der Waals surface area (Å²) in [5.41, 5.74) is 0. The van der Waals surface area contributed by atoms with Crippen molar-refractivity contribution in [2.75, 3.05) is 13.6 Å². The third-order valence-corrected chi connectivity index (χ3v) is 4.05. The summed E-state index contributed by atoms with van der Waals surface area (Å²) in [5.74, 6) is 2.94. The van der Waals surface area contributed by atoms with Crippen LogP contribution in [0.25, 0.3) is 0 Å². The van der Waals surface area contributed by atoms with Crippen molar-refractivity contribution in [2.24, 2.45) is 17.8 Å². The molecule has 0 radical (unpaired) electrons. The number of rotatable bonds is 6. The molecule has 1 saturated carbocycles. The van der Waals surface area contributed by atoms with Crippen LogP contribution < -0.4 is 5.32 Å². The molecule has 0 bridgehead atoms. The van der Waals surface area contributed by atoms with Gasteiger partial charge in [0.15, 0.2) is 0 Å². The third-order valence-electron chi connectivity index (χ3n) is 4.05. The SMILES string of the molecule is CCCCCC1CC(C)CCC1CNC. The van der Waals surface area contributed by atoms with E-state index in [-0.39, 0.29) is 0 Å². The summed E-state index contributed by atoms with van der Waals surface area (Å²) in [6.45, 7) is 5.97. The molecule has 1 rings (SSSR count). The quantitative estimate of drug-likeness (QED) is 0.658. The van der Waals surface area contributed by atoms with Crippen LogP contribution in [0, 0.1) is 17.8 Å². The maximum atomic E-state index is 3.37. The van der Waals surface area contributed by atoms with E-state index in [9.17, 15) is 0 Å². The maximum Gasteiger partial charge on any atom is -0.00209 e. The van der Waals surface area contributed by atoms with Crippen molar-refractivity contribution in [3.63, 3.8) is 0 Å². The van der Waals surface area contributed by atoms with Gasteiger partial charge in [-0.05, 0) is 44.2 Å². The van der Waals surface area contributed by atoms with Gasteiger partial charge in [-0.15, -0.1) is 0 Å². The Bertz CT molecular complexity index is 155. The molecular weight excluding hydrogens is 182 g/mol. The normalized spacial score (nSPS) is 31.8. The second-order valence-electron chi connectivity index (χ2n) is 5.49. The first-order chi connectivity index (χ1) is 7.27. The summed E-state index contributed by atoms with van der Waals surface area (Å²) in [6.07, 6.45) is 10.1. The Kier molecular flexibility index (Phi) is 6.31. The average molecular weight is 211 g/mol. The van der Waals surface area contributed by atoms with E-state index in [1.54, 1.807) is 0 Å². The van der Waals surface area contributed by atoms with Gasteiger partial charge in [0, 0.05) is 0 Å². The van der Waals surface area contributed by atoms with Crippen LogP contribution in [0.15, 0.2) is 0 Å². The van der Waals surface area contributed by atoms with Gasteiger partial charge in [0.05, 0.1) is 0 Å². The molecule has 90 valence electrons. The molecule has 15 heavy (non-hydrogen) atoms. The van der Waals surface area contributed by atoms with Crippen LogP contribution >= 0.6 is 0 Å². The van der Waals surface area contributed by atoms with Gasteiger partial charge in [-0.3, -0.25) is 0 Å². The zero-order valence-electron chi connectivity index (χ0n) is 10.9. The molecule has 0 aromatic carbocycles. The van der Waals surface area contributed by atoms with E-state index in [1.165, 1.54) is 51.5 Å². The fourth-order valence-electron chi connectivity index (χ4n) is 3.10. The highest BCUT2D eigenvalue weighted by atomic mass is 14.8. The average Bonchev–Trinajstić information content (AvgIpc) is 2.22. The van der Waals surface area contributed by atoms with Gasteiger partial charge in [0.1, 0.15) is 0 Å². The van der Waals surface area contributed by atoms with Gasteiger partial charge in [-0.1, -0.05) is 46.0 Å². The molecule has 3 atom stereocenters. The van der Waals surface area contributed by atoms with Crippen LogP contribution in [0.3, 0.4) is 0 Å². The lowest BCUT2D eigenvalue weighted by molar-refractivity contribution is 0.173. The monoisotopic (exact) mass is 211 g/mol. The molecular formula is C14H29N. The van der Waals surface area contributed by atoms with Crippen molar-refractivity contribution in [3.05, 3.63) is 0 Å². The highest BCUT2D eigenvalue weighted by Gasteiger charge is 2.27. The maximum absolute atomic E-state index is 3.37. The molecule has 0 saturated heterocycles. The Morgan fingerprint density at radius 1 is 1.13 bits per heavy atom. The molecule has 0 aromatic rings. The second-order valence-corrected chi connectivity index (χ2v) is 5.49. The molecule has 1 aliphatic rings. The standard InChI is InChI=1S/C14H29N/c1-4-5-6-7-13-10-12(2)8-9-14(13)11-15-3/h12-15H,4-11H2,1-3H3. The first kappa shape index (κ1) is 13.0. The van der Waals surface area contributed by atoms with Crippen LogP contribution in [0.5, 0.6) is 0 Å². The minimum absolute atomic E-state index is 0.961. The van der Waals surface area contributed by atoms with Crippen molar-refractivity contribution in [3.8, 4) is 0 Å². The Labute approximate surface area is 96.0 Å². The number of unbranched alkanes of at least 4 members (excludes halogenated alkanes) is 2. The van der Waals surface area contributed by atoms with Gasteiger partial charge < -0.3 is 5.32 Å². The van der Waals surface area contributed by atoms with Gasteiger partial charge >= 0.3 is 0 Å². The Morgan fingerprint density at radius 2 is 1.93 bits per heavy atom. The third kappa shape index (κ3) is 4.55. The molecule has 1 heteroatoms. The highest BCUT2D eigenvalue weighted by Crippen LogP contribution is 2.36. The molecule has 1 N–H and O–H groups in total. The van der Waals surface area contributed by atoms with Crippen molar-refractivity contribution in [1.82, 2.24) is 5.32 Å². The number of hydrogen-bond donors (Lipinski definition) is 1. The molecule has 1 nitrogen and oxygen atoms in total. The zero-order valence-corrected chi connectivity index (χ0v) is 10.9. The van der Waals surface area contributed by atoms with Crippen LogP contribution in [0.2, 0.25) is 0 Å². The predicted octanol–water partition coefficient (Wildman–Crippen LogP) is 3.84. The molecule has 0 amide bonds. The van der Waals surface area contributed by atoms with Gasteiger partial charge in [0.2, 0.25) is 0 Å². The smallest absolute Gasteiger partial charge is 0.00209 e. The van der Waals surface area contributed by atoms with E-state index in [4.69, 9.17) is 0 Å². The fraction of sp³-hybridized carbons (Fsp3) is 1.00. The predicted molar refractivity (Wildman–Crippen MR) is 68.1 cm³/mol. The second kappa shape index (κ2) is 7.27. The van der Waals surface area contributed by atoms with Crippen molar-refractivity contribution in [2.45, 2.75) is 58.8 Å². The van der Waals surface area contributed by atoms with E-state index in [0.717, 1.165) is 17.8 Å². The molecule has 0 aliphatic heterocycles. The van der Waals surface area contributed by atoms with Crippen LogP contribution in [0.1, 0.15) is 58.8 Å². The summed E-state index contributed by atoms with van der Waals surface area (Å²) < 4.78 is 0. The van der Waals surface area contributed by atoms with E-state index < -0.39 is 0 Å². The Hall–Kier alpha value is -0.0400. The molecule has 0 aromatic heterocycles. The molecule has 1 fully saturated rings. The van der Waals surface area contributed by atoms with Crippen LogP contribution in [0.4, 0.5) is 0 Å². The summed E-state index contributed by atoms with van der Waals surface area (Å²) in [4.78, 5) is 0. The highest BCUT2D eigenvalue weighted by molar-refractivity contribution is 4.79. The lowest BCUT2D eigenvalue weighted by Gasteiger charge is -2.35. The van der Waals surface area contributed by atoms with E-state index >= 15 is 0 Å². The molecule has 3 unspecified atom stereocenters. The summed E-state index contributed by atoms with van der Waals surface area (Å²) in [7, 11) is 2.10. The topological polar surface area (TPSA) is 12.0 Å². The zero-order chi connectivity index (χ0) is 11.1. The summed E-state index contributed by atoms with van der Waals surface area (Å²) in [6, 6.07) is 0. The fourth-order valence-corrected chi connectivity index (χ4v) is 3.10. The van der Waals surface area contributed by atoms with Crippen molar-refractivity contribution >= 4 is 0 Å². The molecule has 0 spiro atoms. The Morgan fingerprint density at radius 3 is 2.60 bits per heavy atom. The molecule has 1 aliphatic carbocycles. The summed E-state index contributed by atoms with van der Waals surface area (Å²) in [5, 5.41) is 3.37. The van der Waals surface area contributed by atoms with Crippen LogP contribution in [-0.4, -0.2) is 13.6 Å². The van der Waals surface area contributed by atoms with E-state index in [2.05, 4.69) is 26.2 Å². The lowest BCUT2D eigenvalue weighted by Crippen LogP contribution is -2.31. The largest absolute Gasteiger partial charge is 0.319 e. The van der Waals surface area contributed by atoms with Gasteiger partial charge in [0.25, 0.3) is 0 Å². The minimum Gasteiger partial charge on any atom is -0.319 e. The van der Waals surface area contributed by atoms with E-state index in [1.807, 2.05) is 0 Å². The van der Waals surface area contributed by atoms with Crippen molar-refractivity contribution in [1.29, 1.82) is 0 Å². The minimum atomic E-state index is 0.961. The number of hydrogen-bond acceptors (Lipinski definition) is 1. The van der Waals surface area contributed by atoms with Crippen LogP contribution in [-0.2, 0) is 0 Å². The first-order valence-corrected chi connectivity index (χ1v) is 6.92. The molecule has 0 heterocycles. The Balaban J connectivity index is 2.32. The number of nitrogens with one attached hydrogen (secondary N) is 1. The van der Waals surface area contributed by atoms with Gasteiger partial charge in [-0.2, -0.15) is 0 Å². The first-order valence-electron chi connectivity index (χ1n) is 6.92. The van der Waals surface area contributed by atoms with Crippen molar-refractivity contribution < 1.29 is 0 Å².